The van der Waals surface area contributed by atoms with Crippen molar-refractivity contribution in [3.63, 3.8) is 0 Å². The van der Waals surface area contributed by atoms with Crippen molar-refractivity contribution in [1.29, 1.82) is 0 Å². The summed E-state index contributed by atoms with van der Waals surface area (Å²) in [4.78, 5) is 10.7. The van der Waals surface area contributed by atoms with E-state index in [4.69, 9.17) is 4.74 Å². The van der Waals surface area contributed by atoms with Crippen molar-refractivity contribution in [3.8, 4) is 11.5 Å². The molecule has 10 aromatic carbocycles. The minimum atomic E-state index is -0.142. The number of anilines is 10. The highest BCUT2D eigenvalue weighted by atomic mass is 32.1. The van der Waals surface area contributed by atoms with Crippen molar-refractivity contribution in [1.82, 2.24) is 0 Å². The van der Waals surface area contributed by atoms with Crippen LogP contribution in [0.15, 0.2) is 224 Å². The fourth-order valence-corrected chi connectivity index (χ4v) is 20.4. The minimum absolute atomic E-state index is 0.00167. The summed E-state index contributed by atoms with van der Waals surface area (Å²) in [6.45, 7) is 10.1. The third kappa shape index (κ3) is 6.52. The molecule has 5 unspecified atom stereocenters. The van der Waals surface area contributed by atoms with Gasteiger partial charge in [0.05, 0.1) is 11.1 Å². The molecule has 2 saturated carbocycles. The number of nitrogens with zero attached hydrogens (tertiary/aromatic N) is 4. The molecule has 87 heavy (non-hydrogen) atoms. The number of benzene rings is 10. The Hall–Kier alpha value is -8.71. The topological polar surface area (TPSA) is 22.2 Å². The fraction of sp³-hybridized carbons (Fsp3) is 0.215. The van der Waals surface area contributed by atoms with Gasteiger partial charge in [0, 0.05) is 90.5 Å². The highest BCUT2D eigenvalue weighted by Gasteiger charge is 2.60. The molecular weight excluding hydrogens is 1070 g/mol. The van der Waals surface area contributed by atoms with Crippen molar-refractivity contribution < 1.29 is 4.74 Å². The third-order valence-electron chi connectivity index (χ3n) is 23.3. The molecule has 0 N–H and O–H groups in total. The van der Waals surface area contributed by atoms with Crippen LogP contribution in [-0.2, 0) is 10.8 Å². The molecule has 7 heterocycles. The number of hydrogen-bond acceptors (Lipinski definition) is 6. The summed E-state index contributed by atoms with van der Waals surface area (Å²) in [6.07, 6.45) is 9.50. The van der Waals surface area contributed by atoms with Crippen LogP contribution in [0.4, 0.5) is 56.9 Å². The first-order valence-electron chi connectivity index (χ1n) is 32.0. The second-order valence-corrected chi connectivity index (χ2v) is 28.3. The Morgan fingerprint density at radius 2 is 0.943 bits per heavy atom. The first-order chi connectivity index (χ1) is 42.6. The quantitative estimate of drug-likeness (QED) is 0.160. The van der Waals surface area contributed by atoms with E-state index in [1.54, 1.807) is 0 Å². The molecule has 5 atom stereocenters. The molecule has 420 valence electrons. The van der Waals surface area contributed by atoms with Crippen LogP contribution in [0.5, 0.6) is 11.5 Å². The number of fused-ring (bicyclic) bond motifs is 16. The zero-order valence-electron chi connectivity index (χ0n) is 49.9. The van der Waals surface area contributed by atoms with Crippen molar-refractivity contribution in [3.05, 3.63) is 252 Å². The van der Waals surface area contributed by atoms with Crippen molar-refractivity contribution in [2.24, 2.45) is 0 Å². The van der Waals surface area contributed by atoms with Crippen molar-refractivity contribution in [2.75, 3.05) is 19.6 Å². The third-order valence-corrected chi connectivity index (χ3v) is 24.5. The molecule has 8 heteroatoms. The summed E-state index contributed by atoms with van der Waals surface area (Å²) in [5.41, 5.74) is 25.5. The first kappa shape index (κ1) is 50.4. The van der Waals surface area contributed by atoms with Gasteiger partial charge in [-0.25, -0.2) is 0 Å². The molecule has 6 aliphatic heterocycles. The van der Waals surface area contributed by atoms with Gasteiger partial charge in [0.2, 0.25) is 0 Å². The second kappa shape index (κ2) is 18.0. The lowest BCUT2D eigenvalue weighted by atomic mass is 9.30. The summed E-state index contributed by atoms with van der Waals surface area (Å²) in [6, 6.07) is 86.3. The van der Waals surface area contributed by atoms with Gasteiger partial charge in [-0.15, -0.1) is 11.3 Å². The molecule has 0 radical (unpaired) electrons. The normalized spacial score (nSPS) is 23.7. The molecule has 2 fully saturated rings. The molecule has 11 aromatic rings. The van der Waals surface area contributed by atoms with E-state index in [-0.39, 0.29) is 41.3 Å². The van der Waals surface area contributed by atoms with Crippen LogP contribution >= 0.6 is 11.3 Å². The summed E-state index contributed by atoms with van der Waals surface area (Å²) >= 11 is 1.99. The van der Waals surface area contributed by atoms with Gasteiger partial charge in [-0.2, -0.15) is 0 Å². The highest BCUT2D eigenvalue weighted by Crippen LogP contribution is 2.64. The molecular formula is C79H66B2N4OS. The Morgan fingerprint density at radius 3 is 1.59 bits per heavy atom. The van der Waals surface area contributed by atoms with Gasteiger partial charge in [0.15, 0.2) is 0 Å². The molecule has 0 amide bonds. The van der Waals surface area contributed by atoms with E-state index in [1.165, 1.54) is 148 Å². The van der Waals surface area contributed by atoms with Crippen LogP contribution in [0.25, 0.3) is 10.1 Å². The van der Waals surface area contributed by atoms with Crippen molar-refractivity contribution in [2.45, 2.75) is 107 Å². The zero-order valence-corrected chi connectivity index (χ0v) is 50.7. The predicted octanol–water partition coefficient (Wildman–Crippen LogP) is 16.6. The SMILES string of the molecule is CC12CCCCC1(C)N(c1cc3c4c(c1)C(c1ccccc1)c1c(sc5ccccc15)B4c1cc4c(cc1O3)N(c1ccccc1)c1cc(N3c5ccccc5C5(C)CCCCC35C)cc3c1B4c1ccccc1N3c1ccccc1)c1ccccc12. The van der Waals surface area contributed by atoms with E-state index in [2.05, 4.69) is 272 Å². The molecule has 0 bridgehead atoms. The summed E-state index contributed by atoms with van der Waals surface area (Å²) in [5.74, 6) is 1.90. The minimum Gasteiger partial charge on any atom is -0.458 e. The fourth-order valence-electron chi connectivity index (χ4n) is 19.0. The van der Waals surface area contributed by atoms with Gasteiger partial charge in [-0.3, -0.25) is 0 Å². The van der Waals surface area contributed by atoms with Crippen LogP contribution in [0.2, 0.25) is 0 Å². The smallest absolute Gasteiger partial charge is 0.264 e. The van der Waals surface area contributed by atoms with Gasteiger partial charge < -0.3 is 24.3 Å². The molecule has 8 aliphatic rings. The lowest BCUT2D eigenvalue weighted by molar-refractivity contribution is 0.195. The average molecular weight is 1140 g/mol. The lowest BCUT2D eigenvalue weighted by Gasteiger charge is -2.51. The number of rotatable bonds is 5. The summed E-state index contributed by atoms with van der Waals surface area (Å²) in [5, 5.41) is 1.35. The van der Waals surface area contributed by atoms with Crippen LogP contribution in [0.1, 0.15) is 113 Å². The number of para-hydroxylation sites is 5. The zero-order chi connectivity index (χ0) is 57.7. The molecule has 1 aromatic heterocycles. The number of ether oxygens (including phenoxy) is 1. The van der Waals surface area contributed by atoms with Crippen LogP contribution in [-0.4, -0.2) is 24.5 Å². The van der Waals surface area contributed by atoms with Gasteiger partial charge >= 0.3 is 0 Å². The lowest BCUT2D eigenvalue weighted by Crippen LogP contribution is -2.64. The maximum atomic E-state index is 7.93. The standard InChI is InChI=1S/C79H66B2N4OS/c1-76-40-22-24-42-78(76,3)84(62-36-18-15-33-57(62)76)53-44-56-71(50-26-8-5-9-27-50)72-55-32-14-21-39-70(55)87-75(72)81-61-48-60-65(49-68(61)86-69(47-53)73(56)81)83(52-30-12-7-13-31-52)67-46-54(85-63-37-19-16-34-58(63)77(2)41-23-25-43-79(77,85)4)45-66-74(67)80(60)59-35-17-20-38-64(59)82(66)51-28-10-6-11-29-51/h5-21,26-39,44-49,71H,22-25,40-43H2,1-4H3. The molecule has 0 spiro atoms. The van der Waals surface area contributed by atoms with Gasteiger partial charge in [0.1, 0.15) is 11.5 Å². The van der Waals surface area contributed by atoms with E-state index in [1.807, 2.05) is 11.3 Å². The van der Waals surface area contributed by atoms with E-state index in [0.717, 1.165) is 41.4 Å². The number of thiophene rings is 1. The Morgan fingerprint density at radius 1 is 0.414 bits per heavy atom. The first-order valence-corrected chi connectivity index (χ1v) is 32.8. The van der Waals surface area contributed by atoms with Crippen LogP contribution in [0, 0.1) is 0 Å². The Balaban J connectivity index is 0.896. The maximum Gasteiger partial charge on any atom is 0.264 e. The Kier molecular flexibility index (Phi) is 10.4. The van der Waals surface area contributed by atoms with Crippen molar-refractivity contribution >= 4 is 124 Å². The molecule has 2 aliphatic carbocycles. The number of hydrogen-bond donors (Lipinski definition) is 0. The average Bonchev–Trinajstić information content (AvgIpc) is 1.73. The van der Waals surface area contributed by atoms with E-state index in [0.29, 0.717) is 0 Å². The Labute approximate surface area is 515 Å². The van der Waals surface area contributed by atoms with E-state index >= 15 is 0 Å². The summed E-state index contributed by atoms with van der Waals surface area (Å²) in [7, 11) is 0. The highest BCUT2D eigenvalue weighted by molar-refractivity contribution is 7.32. The van der Waals surface area contributed by atoms with E-state index < -0.39 is 0 Å². The van der Waals surface area contributed by atoms with Gasteiger partial charge in [-0.1, -0.05) is 185 Å². The maximum absolute atomic E-state index is 7.93. The van der Waals surface area contributed by atoms with Gasteiger partial charge in [-0.05, 0) is 172 Å². The van der Waals surface area contributed by atoms with Gasteiger partial charge in [0.25, 0.3) is 13.4 Å². The van der Waals surface area contributed by atoms with Crippen LogP contribution in [0.3, 0.4) is 0 Å². The predicted molar refractivity (Wildman–Crippen MR) is 366 cm³/mol. The molecule has 0 saturated heterocycles. The van der Waals surface area contributed by atoms with E-state index in [9.17, 15) is 0 Å². The largest absolute Gasteiger partial charge is 0.458 e. The van der Waals surface area contributed by atoms with Crippen LogP contribution < -0.4 is 56.4 Å². The Bertz CT molecular complexity index is 4720. The second-order valence-electron chi connectivity index (χ2n) is 27.2. The monoisotopic (exact) mass is 1140 g/mol. The molecule has 5 nitrogen and oxygen atoms in total. The summed E-state index contributed by atoms with van der Waals surface area (Å²) < 4.78 is 10.7. The molecule has 19 rings (SSSR count).